The zero-order chi connectivity index (χ0) is 12.0. The highest BCUT2D eigenvalue weighted by atomic mass is 16.7. The van der Waals surface area contributed by atoms with Crippen LogP contribution in [-0.4, -0.2) is 63.1 Å². The van der Waals surface area contributed by atoms with E-state index in [1.807, 2.05) is 6.92 Å². The van der Waals surface area contributed by atoms with Crippen molar-refractivity contribution in [1.82, 2.24) is 4.90 Å². The van der Waals surface area contributed by atoms with Crippen molar-refractivity contribution in [2.24, 2.45) is 0 Å². The molecule has 6 heteroatoms. The fourth-order valence-corrected chi connectivity index (χ4v) is 0.0962. The number of aliphatic hydroxyl groups excluding tert-OH is 1. The van der Waals surface area contributed by atoms with Gasteiger partial charge in [0.15, 0.2) is 6.29 Å². The number of ether oxygens (including phenoxy) is 2. The van der Waals surface area contributed by atoms with Gasteiger partial charge in [-0.05, 0) is 13.8 Å². The lowest BCUT2D eigenvalue weighted by atomic mass is 10.8. The zero-order valence-electron chi connectivity index (χ0n) is 10.5. The van der Waals surface area contributed by atoms with E-state index in [0.717, 1.165) is 6.41 Å². The van der Waals surface area contributed by atoms with E-state index in [1.165, 1.54) is 4.90 Å². The van der Waals surface area contributed by atoms with Crippen LogP contribution in [0.5, 0.6) is 0 Å². The van der Waals surface area contributed by atoms with Crippen molar-refractivity contribution in [3.05, 3.63) is 0 Å². The summed E-state index contributed by atoms with van der Waals surface area (Å²) in [5.41, 5.74) is 0. The van der Waals surface area contributed by atoms with Crippen molar-refractivity contribution in [2.45, 2.75) is 20.1 Å². The topological polar surface area (TPSA) is 90.5 Å². The summed E-state index contributed by atoms with van der Waals surface area (Å²) < 4.78 is 9.35. The van der Waals surface area contributed by atoms with Crippen LogP contribution in [0.4, 0.5) is 0 Å². The average molecular weight is 227 g/mol. The lowest BCUT2D eigenvalue weighted by Gasteiger charge is -2.03. The predicted molar refractivity (Wildman–Crippen MR) is 59.6 cm³/mol. The maximum absolute atomic E-state index is 9.43. The maximum Gasteiger partial charge on any atom is 0.209 e. The van der Waals surface area contributed by atoms with E-state index in [2.05, 4.69) is 9.47 Å². The van der Waals surface area contributed by atoms with Crippen LogP contribution < -0.4 is 0 Å². The molecule has 0 unspecified atom stereocenters. The number of rotatable bonds is 3. The number of methoxy groups -OCH3 is 2. The second kappa shape index (κ2) is 23.3. The summed E-state index contributed by atoms with van der Waals surface area (Å²) >= 11 is 0. The van der Waals surface area contributed by atoms with Gasteiger partial charge in [0.1, 0.15) is 0 Å². The molecule has 0 saturated carbocycles. The number of amides is 1. The van der Waals surface area contributed by atoms with Gasteiger partial charge in [0.05, 0.1) is 0 Å². The molecule has 96 valence electrons. The van der Waals surface area contributed by atoms with Crippen molar-refractivity contribution < 1.29 is 24.9 Å². The SMILES string of the molecule is CCO.CN(C)C=O.COC(C)OC.O. The minimum Gasteiger partial charge on any atom is -0.412 e. The van der Waals surface area contributed by atoms with Gasteiger partial charge in [-0.15, -0.1) is 0 Å². The smallest absolute Gasteiger partial charge is 0.209 e. The van der Waals surface area contributed by atoms with Crippen molar-refractivity contribution in [3.8, 4) is 0 Å². The van der Waals surface area contributed by atoms with Crippen molar-refractivity contribution in [1.29, 1.82) is 0 Å². The second-order valence-electron chi connectivity index (χ2n) is 2.42. The van der Waals surface area contributed by atoms with Crippen LogP contribution in [0.3, 0.4) is 0 Å². The van der Waals surface area contributed by atoms with Gasteiger partial charge in [0, 0.05) is 34.9 Å². The molecule has 0 aromatic carbocycles. The number of carbonyl (C=O) groups is 1. The standard InChI is InChI=1S/C4H10O2.C3H7NO.C2H6O.H2O/c1-4(5-2)6-3;1-4(2)3-5;1-2-3;/h4H,1-3H3;3H,1-2H3;3H,2H2,1H3;1H2. The monoisotopic (exact) mass is 227 g/mol. The largest absolute Gasteiger partial charge is 0.412 e. The summed E-state index contributed by atoms with van der Waals surface area (Å²) in [7, 11) is 6.59. The highest BCUT2D eigenvalue weighted by molar-refractivity contribution is 5.45. The minimum absolute atomic E-state index is 0. The molecule has 0 rings (SSSR count). The molecule has 0 aliphatic heterocycles. The Bertz CT molecular complexity index is 96.5. The highest BCUT2D eigenvalue weighted by Crippen LogP contribution is 1.82. The number of aliphatic hydroxyl groups is 1. The van der Waals surface area contributed by atoms with E-state index in [4.69, 9.17) is 5.11 Å². The summed E-state index contributed by atoms with van der Waals surface area (Å²) in [6, 6.07) is 0. The molecular formula is C9H25NO5. The predicted octanol–water partition coefficient (Wildman–Crippen LogP) is -0.496. The molecule has 0 atom stereocenters. The first-order chi connectivity index (χ1) is 6.49. The van der Waals surface area contributed by atoms with Crippen LogP contribution in [0, 0.1) is 0 Å². The highest BCUT2D eigenvalue weighted by Gasteiger charge is 1.87. The molecular weight excluding hydrogens is 202 g/mol. The van der Waals surface area contributed by atoms with Crippen LogP contribution >= 0.6 is 0 Å². The van der Waals surface area contributed by atoms with Crippen LogP contribution in [-0.2, 0) is 14.3 Å². The first-order valence-corrected chi connectivity index (χ1v) is 4.28. The van der Waals surface area contributed by atoms with E-state index >= 15 is 0 Å². The summed E-state index contributed by atoms with van der Waals surface area (Å²) in [5.74, 6) is 0. The molecule has 0 bridgehead atoms. The van der Waals surface area contributed by atoms with Crippen LogP contribution in [0.1, 0.15) is 13.8 Å². The molecule has 0 radical (unpaired) electrons. The quantitative estimate of drug-likeness (QED) is 0.520. The lowest BCUT2D eigenvalue weighted by molar-refractivity contribution is -0.115. The van der Waals surface area contributed by atoms with E-state index in [-0.39, 0.29) is 18.4 Å². The van der Waals surface area contributed by atoms with Crippen LogP contribution in [0.25, 0.3) is 0 Å². The van der Waals surface area contributed by atoms with Gasteiger partial charge in [-0.3, -0.25) is 4.79 Å². The molecule has 0 aliphatic carbocycles. The molecule has 0 spiro atoms. The summed E-state index contributed by atoms with van der Waals surface area (Å²) in [5, 5.41) is 7.57. The summed E-state index contributed by atoms with van der Waals surface area (Å²) in [6.45, 7) is 3.76. The summed E-state index contributed by atoms with van der Waals surface area (Å²) in [6.07, 6.45) is 0.685. The molecule has 0 saturated heterocycles. The molecule has 6 nitrogen and oxygen atoms in total. The van der Waals surface area contributed by atoms with Gasteiger partial charge in [0.25, 0.3) is 0 Å². The Morgan fingerprint density at radius 2 is 1.53 bits per heavy atom. The Labute approximate surface area is 92.1 Å². The Morgan fingerprint density at radius 3 is 1.53 bits per heavy atom. The minimum atomic E-state index is -0.0648. The van der Waals surface area contributed by atoms with Gasteiger partial charge in [-0.25, -0.2) is 0 Å². The molecule has 1 amide bonds. The van der Waals surface area contributed by atoms with E-state index in [9.17, 15) is 4.79 Å². The Morgan fingerprint density at radius 1 is 1.33 bits per heavy atom. The maximum atomic E-state index is 9.43. The molecule has 0 fully saturated rings. The third-order valence-corrected chi connectivity index (χ3v) is 0.875. The van der Waals surface area contributed by atoms with Gasteiger partial charge in [0.2, 0.25) is 6.41 Å². The average Bonchev–Trinajstić information content (AvgIpc) is 2.18. The second-order valence-corrected chi connectivity index (χ2v) is 2.42. The molecule has 3 N–H and O–H groups in total. The van der Waals surface area contributed by atoms with Gasteiger partial charge >= 0.3 is 0 Å². The van der Waals surface area contributed by atoms with E-state index in [1.54, 1.807) is 35.2 Å². The molecule has 0 heterocycles. The Balaban J connectivity index is -0.0000000617. The molecule has 15 heavy (non-hydrogen) atoms. The van der Waals surface area contributed by atoms with Crippen molar-refractivity contribution >= 4 is 6.41 Å². The zero-order valence-corrected chi connectivity index (χ0v) is 10.5. The van der Waals surface area contributed by atoms with Crippen molar-refractivity contribution in [2.75, 3.05) is 34.9 Å². The van der Waals surface area contributed by atoms with Gasteiger partial charge in [-0.1, -0.05) is 0 Å². The first-order valence-electron chi connectivity index (χ1n) is 4.28. The molecule has 0 aromatic heterocycles. The van der Waals surface area contributed by atoms with E-state index < -0.39 is 0 Å². The first kappa shape index (κ1) is 23.8. The van der Waals surface area contributed by atoms with Crippen LogP contribution in [0.2, 0.25) is 0 Å². The van der Waals surface area contributed by atoms with Gasteiger partial charge < -0.3 is 25.0 Å². The number of hydrogen-bond donors (Lipinski definition) is 1. The Hall–Kier alpha value is -0.690. The molecule has 0 aliphatic rings. The normalized spacial score (nSPS) is 7.47. The Kier molecular flexibility index (Phi) is 37.0. The summed E-state index contributed by atoms with van der Waals surface area (Å²) in [4.78, 5) is 10.9. The fourth-order valence-electron chi connectivity index (χ4n) is 0.0962. The fraction of sp³-hybridized carbons (Fsp3) is 0.889. The van der Waals surface area contributed by atoms with Crippen molar-refractivity contribution in [3.63, 3.8) is 0 Å². The number of hydrogen-bond acceptors (Lipinski definition) is 4. The van der Waals surface area contributed by atoms with E-state index in [0.29, 0.717) is 0 Å². The molecule has 0 aromatic rings. The third kappa shape index (κ3) is 60.4. The number of carbonyl (C=O) groups excluding carboxylic acids is 1. The lowest BCUT2D eigenvalue weighted by Crippen LogP contribution is -2.06. The van der Waals surface area contributed by atoms with Crippen LogP contribution in [0.15, 0.2) is 0 Å². The van der Waals surface area contributed by atoms with Gasteiger partial charge in [-0.2, -0.15) is 0 Å². The number of nitrogens with zero attached hydrogens (tertiary/aromatic N) is 1. The third-order valence-electron chi connectivity index (χ3n) is 0.875.